The summed E-state index contributed by atoms with van der Waals surface area (Å²) < 4.78 is 1.85. The first-order valence-electron chi connectivity index (χ1n) is 4.64. The fourth-order valence-electron chi connectivity index (χ4n) is 1.25. The number of nitrogens with zero attached hydrogens (tertiary/aromatic N) is 3. The zero-order chi connectivity index (χ0) is 10.7. The van der Waals surface area contributed by atoms with E-state index < -0.39 is 0 Å². The van der Waals surface area contributed by atoms with Gasteiger partial charge in [0.15, 0.2) is 5.65 Å². The fourth-order valence-corrected chi connectivity index (χ4v) is 2.18. The van der Waals surface area contributed by atoms with E-state index >= 15 is 0 Å². The molecule has 2 aromatic rings. The Morgan fingerprint density at radius 2 is 2.40 bits per heavy atom. The molecule has 0 saturated heterocycles. The lowest BCUT2D eigenvalue weighted by atomic mass is 10.5. The number of anilines is 1. The SMILES string of the molecule is Nc1cn2ccnc2c(SCCCO)n1. The normalized spacial score (nSPS) is 11.0. The Balaban J connectivity index is 2.27. The van der Waals surface area contributed by atoms with Crippen LogP contribution in [0.3, 0.4) is 0 Å². The van der Waals surface area contributed by atoms with Gasteiger partial charge in [0.05, 0.1) is 6.20 Å². The van der Waals surface area contributed by atoms with Crippen molar-refractivity contribution in [1.29, 1.82) is 0 Å². The molecule has 0 aliphatic carbocycles. The second-order valence-electron chi connectivity index (χ2n) is 3.05. The fraction of sp³-hybridized carbons (Fsp3) is 0.333. The van der Waals surface area contributed by atoms with Gasteiger partial charge in [0.2, 0.25) is 0 Å². The average molecular weight is 224 g/mol. The number of aliphatic hydroxyl groups excluding tert-OH is 1. The van der Waals surface area contributed by atoms with Crippen LogP contribution in [0.25, 0.3) is 5.65 Å². The van der Waals surface area contributed by atoms with Crippen molar-refractivity contribution in [3.8, 4) is 0 Å². The second kappa shape index (κ2) is 4.50. The highest BCUT2D eigenvalue weighted by Crippen LogP contribution is 2.21. The standard InChI is InChI=1S/C9H12N4OS/c10-7-6-13-3-2-11-8(13)9(12-7)15-5-1-4-14/h2-3,6,14H,1,4-5,10H2. The number of hydrogen-bond donors (Lipinski definition) is 2. The molecule has 0 bridgehead atoms. The summed E-state index contributed by atoms with van der Waals surface area (Å²) in [4.78, 5) is 8.42. The van der Waals surface area contributed by atoms with Crippen LogP contribution in [-0.2, 0) is 0 Å². The van der Waals surface area contributed by atoms with Crippen LogP contribution in [-0.4, -0.2) is 31.8 Å². The quantitative estimate of drug-likeness (QED) is 0.593. The minimum absolute atomic E-state index is 0.194. The van der Waals surface area contributed by atoms with Gasteiger partial charge in [-0.2, -0.15) is 0 Å². The summed E-state index contributed by atoms with van der Waals surface area (Å²) in [6.07, 6.45) is 6.03. The van der Waals surface area contributed by atoms with Crippen LogP contribution in [0.2, 0.25) is 0 Å². The van der Waals surface area contributed by atoms with Crippen LogP contribution in [0.1, 0.15) is 6.42 Å². The van der Waals surface area contributed by atoms with Crippen molar-refractivity contribution in [2.45, 2.75) is 11.4 Å². The van der Waals surface area contributed by atoms with E-state index in [0.717, 1.165) is 22.8 Å². The Bertz CT molecular complexity index is 456. The molecule has 0 atom stereocenters. The van der Waals surface area contributed by atoms with Crippen molar-refractivity contribution >= 4 is 23.2 Å². The zero-order valence-electron chi connectivity index (χ0n) is 8.13. The van der Waals surface area contributed by atoms with Gasteiger partial charge in [-0.05, 0) is 6.42 Å². The van der Waals surface area contributed by atoms with Crippen LogP contribution in [0.4, 0.5) is 5.82 Å². The molecular formula is C9H12N4OS. The molecule has 2 rings (SSSR count). The maximum atomic E-state index is 8.69. The first kappa shape index (κ1) is 10.3. The van der Waals surface area contributed by atoms with Gasteiger partial charge in [-0.25, -0.2) is 9.97 Å². The summed E-state index contributed by atoms with van der Waals surface area (Å²) in [5.41, 5.74) is 6.48. The van der Waals surface area contributed by atoms with Crippen molar-refractivity contribution in [1.82, 2.24) is 14.4 Å². The van der Waals surface area contributed by atoms with E-state index in [1.165, 1.54) is 0 Å². The summed E-state index contributed by atoms with van der Waals surface area (Å²) in [6, 6.07) is 0. The molecule has 15 heavy (non-hydrogen) atoms. The van der Waals surface area contributed by atoms with Crippen LogP contribution in [0.5, 0.6) is 0 Å². The van der Waals surface area contributed by atoms with Crippen molar-refractivity contribution in [3.63, 3.8) is 0 Å². The number of nitrogen functional groups attached to an aromatic ring is 1. The molecule has 3 N–H and O–H groups in total. The van der Waals surface area contributed by atoms with Gasteiger partial charge in [-0.1, -0.05) is 0 Å². The highest BCUT2D eigenvalue weighted by Gasteiger charge is 2.06. The first-order chi connectivity index (χ1) is 7.31. The van der Waals surface area contributed by atoms with E-state index in [-0.39, 0.29) is 6.61 Å². The monoisotopic (exact) mass is 224 g/mol. The third kappa shape index (κ3) is 2.21. The maximum Gasteiger partial charge on any atom is 0.169 e. The smallest absolute Gasteiger partial charge is 0.169 e. The van der Waals surface area contributed by atoms with E-state index in [1.807, 2.05) is 10.6 Å². The highest BCUT2D eigenvalue weighted by molar-refractivity contribution is 7.99. The Kier molecular flexibility index (Phi) is 3.08. The van der Waals surface area contributed by atoms with Crippen LogP contribution >= 0.6 is 11.8 Å². The van der Waals surface area contributed by atoms with Crippen molar-refractivity contribution in [2.24, 2.45) is 0 Å². The molecule has 6 heteroatoms. The van der Waals surface area contributed by atoms with Crippen LogP contribution < -0.4 is 5.73 Å². The van der Waals surface area contributed by atoms with Gasteiger partial charge in [0, 0.05) is 24.8 Å². The highest BCUT2D eigenvalue weighted by atomic mass is 32.2. The molecule has 0 fully saturated rings. The summed E-state index contributed by atoms with van der Waals surface area (Å²) in [5.74, 6) is 1.29. The number of imidazole rings is 1. The Hall–Kier alpha value is -1.27. The molecule has 0 spiro atoms. The van der Waals surface area contributed by atoms with E-state index in [9.17, 15) is 0 Å². The topological polar surface area (TPSA) is 76.4 Å². The molecule has 2 aromatic heterocycles. The summed E-state index contributed by atoms with van der Waals surface area (Å²) in [5, 5.41) is 9.51. The Labute approximate surface area is 91.3 Å². The number of aliphatic hydroxyl groups is 1. The lowest BCUT2D eigenvalue weighted by Gasteiger charge is -2.03. The first-order valence-corrected chi connectivity index (χ1v) is 5.62. The number of aromatic nitrogens is 3. The Morgan fingerprint density at radius 1 is 1.53 bits per heavy atom. The second-order valence-corrected chi connectivity index (χ2v) is 4.14. The molecule has 0 radical (unpaired) electrons. The van der Waals surface area contributed by atoms with E-state index in [2.05, 4.69) is 9.97 Å². The van der Waals surface area contributed by atoms with Crippen molar-refractivity contribution in [2.75, 3.05) is 18.1 Å². The van der Waals surface area contributed by atoms with Crippen molar-refractivity contribution < 1.29 is 5.11 Å². The molecule has 0 aromatic carbocycles. The van der Waals surface area contributed by atoms with Crippen LogP contribution in [0.15, 0.2) is 23.6 Å². The summed E-state index contributed by atoms with van der Waals surface area (Å²) >= 11 is 1.56. The third-order valence-corrected chi connectivity index (χ3v) is 2.94. The van der Waals surface area contributed by atoms with Gasteiger partial charge in [0.25, 0.3) is 0 Å². The Morgan fingerprint density at radius 3 is 3.20 bits per heavy atom. The molecule has 2 heterocycles. The van der Waals surface area contributed by atoms with Crippen molar-refractivity contribution in [3.05, 3.63) is 18.6 Å². The number of fused-ring (bicyclic) bond motifs is 1. The molecule has 5 nitrogen and oxygen atoms in total. The molecule has 0 aliphatic heterocycles. The largest absolute Gasteiger partial charge is 0.396 e. The van der Waals surface area contributed by atoms with Gasteiger partial charge < -0.3 is 15.2 Å². The predicted molar refractivity (Wildman–Crippen MR) is 59.8 cm³/mol. The molecule has 0 amide bonds. The number of hydrogen-bond acceptors (Lipinski definition) is 5. The molecular weight excluding hydrogens is 212 g/mol. The lowest BCUT2D eigenvalue weighted by Crippen LogP contribution is -1.98. The number of rotatable bonds is 4. The van der Waals surface area contributed by atoms with E-state index in [0.29, 0.717) is 5.82 Å². The number of thioether (sulfide) groups is 1. The maximum absolute atomic E-state index is 8.69. The average Bonchev–Trinajstić information content (AvgIpc) is 2.65. The van der Waals surface area contributed by atoms with Gasteiger partial charge in [0.1, 0.15) is 10.8 Å². The molecule has 0 unspecified atom stereocenters. The minimum atomic E-state index is 0.194. The summed E-state index contributed by atoms with van der Waals surface area (Å²) in [7, 11) is 0. The van der Waals surface area contributed by atoms with E-state index in [4.69, 9.17) is 10.8 Å². The lowest BCUT2D eigenvalue weighted by molar-refractivity contribution is 0.296. The van der Waals surface area contributed by atoms with E-state index in [1.54, 1.807) is 24.2 Å². The third-order valence-electron chi connectivity index (χ3n) is 1.90. The van der Waals surface area contributed by atoms with Gasteiger partial charge >= 0.3 is 0 Å². The predicted octanol–water partition coefficient (Wildman–Crippen LogP) is 0.786. The van der Waals surface area contributed by atoms with Crippen LogP contribution in [0, 0.1) is 0 Å². The number of nitrogens with two attached hydrogens (primary N) is 1. The minimum Gasteiger partial charge on any atom is -0.396 e. The van der Waals surface area contributed by atoms with Gasteiger partial charge in [-0.3, -0.25) is 0 Å². The van der Waals surface area contributed by atoms with Gasteiger partial charge in [-0.15, -0.1) is 11.8 Å². The summed E-state index contributed by atoms with van der Waals surface area (Å²) in [6.45, 7) is 0.194. The molecule has 80 valence electrons. The molecule has 0 saturated carbocycles. The molecule has 0 aliphatic rings. The zero-order valence-corrected chi connectivity index (χ0v) is 8.94.